The van der Waals surface area contributed by atoms with E-state index in [0.29, 0.717) is 12.8 Å². The molecule has 0 spiro atoms. The van der Waals surface area contributed by atoms with Gasteiger partial charge in [0.05, 0.1) is 7.11 Å². The smallest absolute Gasteiger partial charge is 0.248 e. The second kappa shape index (κ2) is 4.26. The van der Waals surface area contributed by atoms with Crippen molar-refractivity contribution in [3.05, 3.63) is 29.8 Å². The van der Waals surface area contributed by atoms with Crippen LogP contribution in [0.4, 0.5) is 8.78 Å². The summed E-state index contributed by atoms with van der Waals surface area (Å²) in [6.07, 6.45) is 0.393. The van der Waals surface area contributed by atoms with Crippen LogP contribution in [-0.4, -0.2) is 13.0 Å². The van der Waals surface area contributed by atoms with E-state index in [1.165, 1.54) is 0 Å². The monoisotopic (exact) mass is 241 g/mol. The lowest BCUT2D eigenvalue weighted by Gasteiger charge is -2.37. The van der Waals surface area contributed by atoms with E-state index >= 15 is 0 Å². The van der Waals surface area contributed by atoms with E-state index in [9.17, 15) is 8.78 Å². The lowest BCUT2D eigenvalue weighted by Crippen LogP contribution is -2.43. The maximum atomic E-state index is 13.1. The first-order valence-electron chi connectivity index (χ1n) is 5.76. The molecule has 0 amide bonds. The maximum Gasteiger partial charge on any atom is 0.248 e. The molecule has 1 aromatic carbocycles. The highest BCUT2D eigenvalue weighted by Crippen LogP contribution is 2.42. The molecule has 0 radical (unpaired) electrons. The van der Waals surface area contributed by atoms with Crippen LogP contribution < -0.4 is 10.5 Å². The van der Waals surface area contributed by atoms with Crippen LogP contribution in [0, 0.1) is 0 Å². The molecule has 0 bridgehead atoms. The molecule has 94 valence electrons. The molecule has 1 fully saturated rings. The first-order valence-corrected chi connectivity index (χ1v) is 5.76. The summed E-state index contributed by atoms with van der Waals surface area (Å²) in [7, 11) is 1.59. The lowest BCUT2D eigenvalue weighted by atomic mass is 9.76. The average molecular weight is 241 g/mol. The third-order valence-corrected chi connectivity index (χ3v) is 3.54. The van der Waals surface area contributed by atoms with Crippen LogP contribution in [0.1, 0.15) is 31.2 Å². The molecule has 1 aliphatic carbocycles. The Balaban J connectivity index is 2.15. The average Bonchev–Trinajstić information content (AvgIpc) is 2.34. The fourth-order valence-electron chi connectivity index (χ4n) is 2.27. The van der Waals surface area contributed by atoms with Crippen LogP contribution in [-0.2, 0) is 5.54 Å². The van der Waals surface area contributed by atoms with Gasteiger partial charge in [0.1, 0.15) is 5.75 Å². The number of hydrogen-bond donors (Lipinski definition) is 1. The molecule has 0 heterocycles. The highest BCUT2D eigenvalue weighted by Gasteiger charge is 2.41. The topological polar surface area (TPSA) is 35.2 Å². The normalized spacial score (nSPS) is 22.1. The summed E-state index contributed by atoms with van der Waals surface area (Å²) in [5, 5.41) is 0. The van der Waals surface area contributed by atoms with Crippen LogP contribution in [0.2, 0.25) is 0 Å². The second-order valence-electron chi connectivity index (χ2n) is 4.74. The van der Waals surface area contributed by atoms with Gasteiger partial charge >= 0.3 is 0 Å². The molecule has 0 saturated heterocycles. The number of hydrogen-bond acceptors (Lipinski definition) is 2. The summed E-state index contributed by atoms with van der Waals surface area (Å²) in [4.78, 5) is 0. The molecule has 2 nitrogen and oxygen atoms in total. The Morgan fingerprint density at radius 1 is 1.06 bits per heavy atom. The first kappa shape index (κ1) is 12.3. The summed E-state index contributed by atoms with van der Waals surface area (Å²) < 4.78 is 31.3. The fourth-order valence-corrected chi connectivity index (χ4v) is 2.27. The number of halogens is 2. The predicted octanol–water partition coefficient (Wildman–Crippen LogP) is 3.06. The Labute approximate surface area is 99.8 Å². The van der Waals surface area contributed by atoms with Gasteiger partial charge in [-0.3, -0.25) is 0 Å². The summed E-state index contributed by atoms with van der Waals surface area (Å²) in [6.45, 7) is 0. The maximum absolute atomic E-state index is 13.1. The van der Waals surface area contributed by atoms with Crippen molar-refractivity contribution >= 4 is 0 Å². The zero-order chi connectivity index (χ0) is 12.5. The van der Waals surface area contributed by atoms with Crippen LogP contribution in [0.5, 0.6) is 5.75 Å². The Morgan fingerprint density at radius 3 is 2.06 bits per heavy atom. The Hall–Kier alpha value is -1.16. The van der Waals surface area contributed by atoms with Crippen LogP contribution >= 0.6 is 0 Å². The molecule has 0 aromatic heterocycles. The number of benzene rings is 1. The number of alkyl halides is 2. The van der Waals surface area contributed by atoms with Gasteiger partial charge in [-0.15, -0.1) is 0 Å². The molecule has 1 saturated carbocycles. The van der Waals surface area contributed by atoms with Crippen molar-refractivity contribution in [3.63, 3.8) is 0 Å². The number of methoxy groups -OCH3 is 1. The second-order valence-corrected chi connectivity index (χ2v) is 4.74. The largest absolute Gasteiger partial charge is 0.497 e. The van der Waals surface area contributed by atoms with Crippen LogP contribution in [0.15, 0.2) is 24.3 Å². The number of ether oxygens (including phenoxy) is 1. The van der Waals surface area contributed by atoms with E-state index < -0.39 is 11.5 Å². The molecular formula is C13H17F2NO. The van der Waals surface area contributed by atoms with Crippen LogP contribution in [0.25, 0.3) is 0 Å². The van der Waals surface area contributed by atoms with Crippen molar-refractivity contribution in [2.75, 3.05) is 7.11 Å². The van der Waals surface area contributed by atoms with E-state index in [-0.39, 0.29) is 12.8 Å². The highest BCUT2D eigenvalue weighted by molar-refractivity contribution is 5.32. The van der Waals surface area contributed by atoms with Gasteiger partial charge in [0.25, 0.3) is 0 Å². The molecule has 0 atom stereocenters. The summed E-state index contributed by atoms with van der Waals surface area (Å²) >= 11 is 0. The third-order valence-electron chi connectivity index (χ3n) is 3.54. The third kappa shape index (κ3) is 2.57. The lowest BCUT2D eigenvalue weighted by molar-refractivity contribution is -0.0514. The first-order chi connectivity index (χ1) is 7.95. The van der Waals surface area contributed by atoms with Crippen LogP contribution in [0.3, 0.4) is 0 Å². The minimum absolute atomic E-state index is 0.129. The molecule has 1 aliphatic rings. The Bertz CT molecular complexity index is 379. The zero-order valence-electron chi connectivity index (χ0n) is 9.88. The molecule has 2 N–H and O–H groups in total. The van der Waals surface area contributed by atoms with Crippen molar-refractivity contribution in [1.82, 2.24) is 0 Å². The van der Waals surface area contributed by atoms with Gasteiger partial charge in [0, 0.05) is 18.4 Å². The van der Waals surface area contributed by atoms with E-state index in [1.54, 1.807) is 7.11 Å². The number of rotatable bonds is 2. The van der Waals surface area contributed by atoms with Gasteiger partial charge in [-0.2, -0.15) is 0 Å². The van der Waals surface area contributed by atoms with E-state index in [0.717, 1.165) is 11.3 Å². The zero-order valence-corrected chi connectivity index (χ0v) is 9.88. The summed E-state index contributed by atoms with van der Waals surface area (Å²) in [5.41, 5.74) is 6.51. The van der Waals surface area contributed by atoms with Gasteiger partial charge in [0.15, 0.2) is 0 Å². The summed E-state index contributed by atoms with van der Waals surface area (Å²) in [6, 6.07) is 7.36. The van der Waals surface area contributed by atoms with E-state index in [1.807, 2.05) is 24.3 Å². The number of nitrogens with two attached hydrogens (primary N) is 1. The van der Waals surface area contributed by atoms with Gasteiger partial charge in [-0.05, 0) is 30.5 Å². The van der Waals surface area contributed by atoms with Gasteiger partial charge in [-0.25, -0.2) is 8.78 Å². The van der Waals surface area contributed by atoms with Gasteiger partial charge < -0.3 is 10.5 Å². The SMILES string of the molecule is COc1ccc(C2(N)CCC(F)(F)CC2)cc1. The minimum Gasteiger partial charge on any atom is -0.497 e. The Morgan fingerprint density at radius 2 is 1.59 bits per heavy atom. The van der Waals surface area contributed by atoms with Gasteiger partial charge in [-0.1, -0.05) is 12.1 Å². The van der Waals surface area contributed by atoms with Crippen molar-refractivity contribution < 1.29 is 13.5 Å². The molecule has 2 rings (SSSR count). The molecule has 0 aliphatic heterocycles. The van der Waals surface area contributed by atoms with Crippen molar-refractivity contribution in [1.29, 1.82) is 0 Å². The van der Waals surface area contributed by atoms with Crippen molar-refractivity contribution in [3.8, 4) is 5.75 Å². The molecule has 1 aromatic rings. The minimum atomic E-state index is -2.55. The van der Waals surface area contributed by atoms with Crippen molar-refractivity contribution in [2.45, 2.75) is 37.1 Å². The van der Waals surface area contributed by atoms with Crippen molar-refractivity contribution in [2.24, 2.45) is 5.73 Å². The molecular weight excluding hydrogens is 224 g/mol. The molecule has 0 unspecified atom stereocenters. The van der Waals surface area contributed by atoms with E-state index in [4.69, 9.17) is 10.5 Å². The molecule has 17 heavy (non-hydrogen) atoms. The summed E-state index contributed by atoms with van der Waals surface area (Å²) in [5.74, 6) is -1.80. The Kier molecular flexibility index (Phi) is 3.08. The quantitative estimate of drug-likeness (QED) is 0.863. The molecule has 4 heteroatoms. The predicted molar refractivity (Wildman–Crippen MR) is 62.3 cm³/mol. The fraction of sp³-hybridized carbons (Fsp3) is 0.538. The highest BCUT2D eigenvalue weighted by atomic mass is 19.3. The van der Waals surface area contributed by atoms with Gasteiger partial charge in [0.2, 0.25) is 5.92 Å². The van der Waals surface area contributed by atoms with E-state index in [2.05, 4.69) is 0 Å². The standard InChI is InChI=1S/C13H17F2NO/c1-17-11-4-2-10(3-5-11)12(16)6-8-13(14,15)9-7-12/h2-5H,6-9,16H2,1H3.